The van der Waals surface area contributed by atoms with E-state index in [2.05, 4.69) is 25.8 Å². The lowest BCUT2D eigenvalue weighted by Gasteiger charge is -2.08. The Kier molecular flexibility index (Phi) is 6.38. The van der Waals surface area contributed by atoms with Crippen LogP contribution >= 0.6 is 11.8 Å². The van der Waals surface area contributed by atoms with Gasteiger partial charge in [0.15, 0.2) is 11.0 Å². The maximum Gasteiger partial charge on any atom is 0.234 e. The Morgan fingerprint density at radius 1 is 1.00 bits per heavy atom. The molecule has 9 heteroatoms. The zero-order chi connectivity index (χ0) is 19.9. The van der Waals surface area contributed by atoms with Crippen LogP contribution in [0.5, 0.6) is 0 Å². The van der Waals surface area contributed by atoms with Gasteiger partial charge in [-0.15, -0.1) is 10.2 Å². The molecular weight excluding hydrogens is 376 g/mol. The average molecular weight is 396 g/mol. The summed E-state index contributed by atoms with van der Waals surface area (Å²) in [6, 6.07) is 10.7. The molecular formula is C19H20N6O2S. The minimum absolute atomic E-state index is 0.139. The highest BCUT2D eigenvalue weighted by molar-refractivity contribution is 7.99. The van der Waals surface area contributed by atoms with Gasteiger partial charge < -0.3 is 15.2 Å². The monoisotopic (exact) mass is 396 g/mol. The third-order valence-corrected chi connectivity index (χ3v) is 4.76. The van der Waals surface area contributed by atoms with E-state index in [0.717, 1.165) is 11.4 Å². The van der Waals surface area contributed by atoms with Crippen LogP contribution in [0.15, 0.2) is 53.9 Å². The van der Waals surface area contributed by atoms with Gasteiger partial charge in [0.25, 0.3) is 0 Å². The van der Waals surface area contributed by atoms with Crippen molar-refractivity contribution in [3.05, 3.63) is 48.8 Å². The van der Waals surface area contributed by atoms with Crippen molar-refractivity contribution in [1.82, 2.24) is 19.7 Å². The Hall–Kier alpha value is -3.20. The van der Waals surface area contributed by atoms with Gasteiger partial charge in [-0.1, -0.05) is 11.8 Å². The van der Waals surface area contributed by atoms with Crippen molar-refractivity contribution in [2.24, 2.45) is 0 Å². The Labute approximate surface area is 166 Å². The first kappa shape index (κ1) is 19.6. The molecule has 0 aliphatic carbocycles. The van der Waals surface area contributed by atoms with E-state index in [1.165, 1.54) is 18.7 Å². The van der Waals surface area contributed by atoms with Crippen molar-refractivity contribution < 1.29 is 9.59 Å². The Morgan fingerprint density at radius 3 is 2.25 bits per heavy atom. The van der Waals surface area contributed by atoms with Crippen LogP contribution < -0.4 is 10.6 Å². The zero-order valence-corrected chi connectivity index (χ0v) is 16.4. The number of carbonyl (C=O) groups excluding carboxylic acids is 2. The number of rotatable bonds is 7. The van der Waals surface area contributed by atoms with Crippen LogP contribution in [0.4, 0.5) is 11.4 Å². The second-order valence-corrected chi connectivity index (χ2v) is 6.82. The molecule has 1 aromatic carbocycles. The van der Waals surface area contributed by atoms with Crippen LogP contribution in [0, 0.1) is 0 Å². The molecule has 0 aliphatic rings. The normalized spacial score (nSPS) is 10.5. The lowest BCUT2D eigenvalue weighted by Crippen LogP contribution is -2.14. The molecule has 2 heterocycles. The fourth-order valence-corrected chi connectivity index (χ4v) is 3.36. The minimum atomic E-state index is -0.145. The van der Waals surface area contributed by atoms with Crippen molar-refractivity contribution in [3.8, 4) is 11.4 Å². The summed E-state index contributed by atoms with van der Waals surface area (Å²) in [6.07, 6.45) is 3.42. The lowest BCUT2D eigenvalue weighted by atomic mass is 10.2. The van der Waals surface area contributed by atoms with Gasteiger partial charge in [-0.3, -0.25) is 14.6 Å². The SMILES string of the molecule is CCn1c(SCC(=O)Nc2ccc(NC(C)=O)cc2)nnc1-c1ccncc1. The highest BCUT2D eigenvalue weighted by Crippen LogP contribution is 2.23. The molecule has 3 aromatic rings. The number of hydrogen-bond acceptors (Lipinski definition) is 6. The molecule has 2 N–H and O–H groups in total. The highest BCUT2D eigenvalue weighted by Gasteiger charge is 2.14. The summed E-state index contributed by atoms with van der Waals surface area (Å²) in [4.78, 5) is 27.3. The maximum absolute atomic E-state index is 12.3. The number of nitrogens with zero attached hydrogens (tertiary/aromatic N) is 4. The maximum atomic E-state index is 12.3. The second-order valence-electron chi connectivity index (χ2n) is 5.88. The van der Waals surface area contributed by atoms with Crippen molar-refractivity contribution in [3.63, 3.8) is 0 Å². The van der Waals surface area contributed by atoms with Gasteiger partial charge >= 0.3 is 0 Å². The predicted molar refractivity (Wildman–Crippen MR) is 109 cm³/mol. The summed E-state index contributed by atoms with van der Waals surface area (Å²) in [5.41, 5.74) is 2.27. The molecule has 0 saturated heterocycles. The number of amides is 2. The summed E-state index contributed by atoms with van der Waals surface area (Å²) in [5, 5.41) is 14.7. The van der Waals surface area contributed by atoms with Crippen molar-refractivity contribution >= 4 is 35.0 Å². The standard InChI is InChI=1S/C19H20N6O2S/c1-3-25-18(14-8-10-20-11-9-14)23-24-19(25)28-12-17(27)22-16-6-4-15(5-7-16)21-13(2)26/h4-11H,3,12H2,1-2H3,(H,21,26)(H,22,27). The second kappa shape index (κ2) is 9.14. The van der Waals surface area contributed by atoms with E-state index in [9.17, 15) is 9.59 Å². The van der Waals surface area contributed by atoms with Gasteiger partial charge in [-0.25, -0.2) is 0 Å². The largest absolute Gasteiger partial charge is 0.326 e. The Morgan fingerprint density at radius 2 is 1.64 bits per heavy atom. The first-order chi connectivity index (χ1) is 13.6. The quantitative estimate of drug-likeness (QED) is 0.595. The van der Waals surface area contributed by atoms with Gasteiger partial charge in [0.05, 0.1) is 5.75 Å². The van der Waals surface area contributed by atoms with E-state index in [4.69, 9.17) is 0 Å². The van der Waals surface area contributed by atoms with E-state index in [1.54, 1.807) is 36.7 Å². The molecule has 0 spiro atoms. The number of carbonyl (C=O) groups is 2. The number of nitrogens with one attached hydrogen (secondary N) is 2. The molecule has 0 aliphatic heterocycles. The number of benzene rings is 1. The molecule has 2 aromatic heterocycles. The van der Waals surface area contributed by atoms with Gasteiger partial charge in [0.1, 0.15) is 0 Å². The van der Waals surface area contributed by atoms with Crippen LogP contribution in [0.2, 0.25) is 0 Å². The Balaban J connectivity index is 1.60. The summed E-state index contributed by atoms with van der Waals surface area (Å²) in [5.74, 6) is 0.677. The average Bonchev–Trinajstić information content (AvgIpc) is 3.11. The molecule has 3 rings (SSSR count). The van der Waals surface area contributed by atoms with Gasteiger partial charge in [-0.05, 0) is 43.3 Å². The topological polar surface area (TPSA) is 102 Å². The Bertz CT molecular complexity index is 956. The zero-order valence-electron chi connectivity index (χ0n) is 15.5. The van der Waals surface area contributed by atoms with Crippen LogP contribution in [0.25, 0.3) is 11.4 Å². The van der Waals surface area contributed by atoms with Crippen molar-refractivity contribution in [2.45, 2.75) is 25.5 Å². The first-order valence-electron chi connectivity index (χ1n) is 8.70. The van der Waals surface area contributed by atoms with E-state index < -0.39 is 0 Å². The lowest BCUT2D eigenvalue weighted by molar-refractivity contribution is -0.114. The summed E-state index contributed by atoms with van der Waals surface area (Å²) in [6.45, 7) is 4.15. The summed E-state index contributed by atoms with van der Waals surface area (Å²) in [7, 11) is 0. The van der Waals surface area contributed by atoms with E-state index in [-0.39, 0.29) is 17.6 Å². The molecule has 28 heavy (non-hydrogen) atoms. The molecule has 2 amide bonds. The molecule has 144 valence electrons. The molecule has 8 nitrogen and oxygen atoms in total. The van der Waals surface area contributed by atoms with Gasteiger partial charge in [0.2, 0.25) is 11.8 Å². The molecule has 0 saturated carbocycles. The van der Waals surface area contributed by atoms with Gasteiger partial charge in [0, 0.05) is 42.8 Å². The van der Waals surface area contributed by atoms with Crippen LogP contribution in [-0.2, 0) is 16.1 Å². The number of thioether (sulfide) groups is 1. The highest BCUT2D eigenvalue weighted by atomic mass is 32.2. The van der Waals surface area contributed by atoms with E-state index in [1.807, 2.05) is 23.6 Å². The van der Waals surface area contributed by atoms with Crippen molar-refractivity contribution in [2.75, 3.05) is 16.4 Å². The minimum Gasteiger partial charge on any atom is -0.326 e. The fourth-order valence-electron chi connectivity index (χ4n) is 2.56. The summed E-state index contributed by atoms with van der Waals surface area (Å²) < 4.78 is 1.97. The number of aromatic nitrogens is 4. The summed E-state index contributed by atoms with van der Waals surface area (Å²) >= 11 is 1.33. The number of pyridine rings is 1. The molecule has 0 bridgehead atoms. The smallest absolute Gasteiger partial charge is 0.234 e. The molecule has 0 unspecified atom stereocenters. The van der Waals surface area contributed by atoms with Gasteiger partial charge in [-0.2, -0.15) is 0 Å². The molecule has 0 fully saturated rings. The number of anilines is 2. The van der Waals surface area contributed by atoms with E-state index >= 15 is 0 Å². The van der Waals surface area contributed by atoms with E-state index in [0.29, 0.717) is 23.1 Å². The third-order valence-electron chi connectivity index (χ3n) is 3.79. The van der Waals surface area contributed by atoms with Crippen LogP contribution in [-0.4, -0.2) is 37.3 Å². The first-order valence-corrected chi connectivity index (χ1v) is 9.69. The molecule has 0 atom stereocenters. The predicted octanol–water partition coefficient (Wildman–Crippen LogP) is 3.05. The van der Waals surface area contributed by atoms with Crippen LogP contribution in [0.1, 0.15) is 13.8 Å². The number of hydrogen-bond donors (Lipinski definition) is 2. The fraction of sp³-hybridized carbons (Fsp3) is 0.211. The molecule has 0 radical (unpaired) electrons. The van der Waals surface area contributed by atoms with Crippen LogP contribution in [0.3, 0.4) is 0 Å². The van der Waals surface area contributed by atoms with Crippen molar-refractivity contribution in [1.29, 1.82) is 0 Å². The third kappa shape index (κ3) is 4.95.